The summed E-state index contributed by atoms with van der Waals surface area (Å²) in [5.74, 6) is 0. The van der Waals surface area contributed by atoms with E-state index in [0.717, 1.165) is 30.8 Å². The molecule has 0 bridgehead atoms. The molecular formula is C11H11N3O. The summed E-state index contributed by atoms with van der Waals surface area (Å²) in [6.45, 7) is 1.75. The normalized spacial score (nSPS) is 15.5. The van der Waals surface area contributed by atoms with E-state index in [0.29, 0.717) is 11.8 Å². The Morgan fingerprint density at radius 2 is 2.47 bits per heavy atom. The minimum Gasteiger partial charge on any atom is -0.302 e. The van der Waals surface area contributed by atoms with Gasteiger partial charge in [-0.3, -0.25) is 4.79 Å². The minimum absolute atomic E-state index is 0.265. The van der Waals surface area contributed by atoms with Gasteiger partial charge in [-0.1, -0.05) is 0 Å². The molecule has 0 atom stereocenters. The molecule has 0 amide bonds. The second-order valence-electron chi connectivity index (χ2n) is 3.74. The van der Waals surface area contributed by atoms with E-state index in [1.165, 1.54) is 0 Å². The monoisotopic (exact) mass is 201 g/mol. The van der Waals surface area contributed by atoms with Crippen LogP contribution in [0.4, 0.5) is 0 Å². The van der Waals surface area contributed by atoms with Crippen LogP contribution in [0.1, 0.15) is 27.3 Å². The summed E-state index contributed by atoms with van der Waals surface area (Å²) in [5.41, 5.74) is 2.65. The average Bonchev–Trinajstić information content (AvgIpc) is 2.27. The molecule has 1 aromatic rings. The molecule has 2 heterocycles. The van der Waals surface area contributed by atoms with Gasteiger partial charge in [0.05, 0.1) is 5.56 Å². The Balaban J connectivity index is 2.51. The molecule has 4 nitrogen and oxygen atoms in total. The number of pyridine rings is 1. The smallest absolute Gasteiger partial charge is 0.169 e. The molecule has 2 rings (SSSR count). The van der Waals surface area contributed by atoms with E-state index in [2.05, 4.69) is 9.88 Å². The van der Waals surface area contributed by atoms with Crippen LogP contribution in [0.25, 0.3) is 0 Å². The summed E-state index contributed by atoms with van der Waals surface area (Å²) in [6, 6.07) is 3.78. The van der Waals surface area contributed by atoms with Crippen molar-refractivity contribution in [2.24, 2.45) is 0 Å². The maximum absolute atomic E-state index is 10.7. The summed E-state index contributed by atoms with van der Waals surface area (Å²) in [5, 5.41) is 8.85. The molecule has 0 N–H and O–H groups in total. The van der Waals surface area contributed by atoms with Crippen LogP contribution in [-0.2, 0) is 13.0 Å². The van der Waals surface area contributed by atoms with Gasteiger partial charge in [-0.15, -0.1) is 0 Å². The van der Waals surface area contributed by atoms with Crippen LogP contribution in [0, 0.1) is 11.3 Å². The fourth-order valence-corrected chi connectivity index (χ4v) is 1.81. The van der Waals surface area contributed by atoms with Crippen LogP contribution in [-0.4, -0.2) is 29.8 Å². The van der Waals surface area contributed by atoms with Crippen molar-refractivity contribution in [2.45, 2.75) is 13.0 Å². The second kappa shape index (κ2) is 3.79. The molecule has 0 aromatic carbocycles. The van der Waals surface area contributed by atoms with Crippen molar-refractivity contribution in [2.75, 3.05) is 13.6 Å². The van der Waals surface area contributed by atoms with Crippen molar-refractivity contribution in [3.05, 3.63) is 28.6 Å². The Morgan fingerprint density at radius 1 is 1.67 bits per heavy atom. The third-order valence-corrected chi connectivity index (χ3v) is 2.62. The van der Waals surface area contributed by atoms with Gasteiger partial charge in [-0.2, -0.15) is 5.26 Å². The summed E-state index contributed by atoms with van der Waals surface area (Å²) in [6.07, 6.45) is 1.50. The Kier molecular flexibility index (Phi) is 2.48. The first-order valence-electron chi connectivity index (χ1n) is 4.81. The highest BCUT2D eigenvalue weighted by Crippen LogP contribution is 2.18. The van der Waals surface area contributed by atoms with Crippen molar-refractivity contribution in [3.63, 3.8) is 0 Å². The number of fused-ring (bicyclic) bond motifs is 1. The van der Waals surface area contributed by atoms with E-state index in [4.69, 9.17) is 5.26 Å². The van der Waals surface area contributed by atoms with Gasteiger partial charge in [0.15, 0.2) is 6.29 Å². The first-order valence-corrected chi connectivity index (χ1v) is 4.81. The highest BCUT2D eigenvalue weighted by molar-refractivity contribution is 5.76. The number of rotatable bonds is 1. The molecule has 0 aliphatic carbocycles. The maximum Gasteiger partial charge on any atom is 0.169 e. The van der Waals surface area contributed by atoms with Crippen molar-refractivity contribution in [3.8, 4) is 6.07 Å². The standard InChI is InChI=1S/C11H11N3O/c1-14-3-2-10-9(6-14)4-8(5-12)11(7-15)13-10/h4,7H,2-3,6H2,1H3. The SMILES string of the molecule is CN1CCc2nc(C=O)c(C#N)cc2C1. The first-order chi connectivity index (χ1) is 7.24. The van der Waals surface area contributed by atoms with Gasteiger partial charge in [0.2, 0.25) is 0 Å². The molecule has 0 saturated carbocycles. The predicted octanol–water partition coefficient (Wildman–Crippen LogP) is 0.754. The number of carbonyl (C=O) groups excluding carboxylic acids is 1. The van der Waals surface area contributed by atoms with E-state index in [9.17, 15) is 4.79 Å². The number of likely N-dealkylation sites (N-methyl/N-ethyl adjacent to an activating group) is 1. The largest absolute Gasteiger partial charge is 0.302 e. The van der Waals surface area contributed by atoms with Crippen LogP contribution in [0.3, 0.4) is 0 Å². The van der Waals surface area contributed by atoms with E-state index in [1.54, 1.807) is 6.07 Å². The molecule has 76 valence electrons. The zero-order chi connectivity index (χ0) is 10.8. The van der Waals surface area contributed by atoms with Crippen molar-refractivity contribution in [1.29, 1.82) is 5.26 Å². The fourth-order valence-electron chi connectivity index (χ4n) is 1.81. The fraction of sp³-hybridized carbons (Fsp3) is 0.364. The molecular weight excluding hydrogens is 190 g/mol. The van der Waals surface area contributed by atoms with Gasteiger partial charge >= 0.3 is 0 Å². The van der Waals surface area contributed by atoms with Crippen molar-refractivity contribution < 1.29 is 4.79 Å². The van der Waals surface area contributed by atoms with Gasteiger partial charge in [-0.25, -0.2) is 4.98 Å². The summed E-state index contributed by atoms with van der Waals surface area (Å²) >= 11 is 0. The van der Waals surface area contributed by atoms with Crippen molar-refractivity contribution in [1.82, 2.24) is 9.88 Å². The Bertz CT molecular complexity index is 448. The Labute approximate surface area is 88.1 Å². The third-order valence-electron chi connectivity index (χ3n) is 2.62. The molecule has 4 heteroatoms. The van der Waals surface area contributed by atoms with E-state index in [1.807, 2.05) is 13.1 Å². The van der Waals surface area contributed by atoms with Crippen molar-refractivity contribution >= 4 is 6.29 Å². The molecule has 0 unspecified atom stereocenters. The van der Waals surface area contributed by atoms with Gasteiger partial charge in [0.25, 0.3) is 0 Å². The number of nitrogens with zero attached hydrogens (tertiary/aromatic N) is 3. The van der Waals surface area contributed by atoms with Gasteiger partial charge in [-0.05, 0) is 18.7 Å². The van der Waals surface area contributed by atoms with Crippen LogP contribution >= 0.6 is 0 Å². The lowest BCUT2D eigenvalue weighted by Crippen LogP contribution is -2.27. The highest BCUT2D eigenvalue weighted by atomic mass is 16.1. The number of hydrogen-bond acceptors (Lipinski definition) is 4. The van der Waals surface area contributed by atoms with Gasteiger partial charge < -0.3 is 4.90 Å². The number of aldehydes is 1. The minimum atomic E-state index is 0.265. The Hall–Kier alpha value is -1.73. The first kappa shape index (κ1) is 9.81. The summed E-state index contributed by atoms with van der Waals surface area (Å²) in [7, 11) is 2.03. The number of aromatic nitrogens is 1. The highest BCUT2D eigenvalue weighted by Gasteiger charge is 2.17. The number of nitriles is 1. The lowest BCUT2D eigenvalue weighted by atomic mass is 10.0. The maximum atomic E-state index is 10.7. The number of carbonyl (C=O) groups is 1. The average molecular weight is 201 g/mol. The van der Waals surface area contributed by atoms with Crippen LogP contribution in [0.5, 0.6) is 0 Å². The van der Waals surface area contributed by atoms with Crippen LogP contribution in [0.2, 0.25) is 0 Å². The van der Waals surface area contributed by atoms with Crippen LogP contribution in [0.15, 0.2) is 6.07 Å². The molecule has 1 aromatic heterocycles. The summed E-state index contributed by atoms with van der Waals surface area (Å²) in [4.78, 5) is 17.1. The van der Waals surface area contributed by atoms with E-state index < -0.39 is 0 Å². The topological polar surface area (TPSA) is 57.0 Å². The van der Waals surface area contributed by atoms with Gasteiger partial charge in [0, 0.05) is 25.2 Å². The van der Waals surface area contributed by atoms with E-state index >= 15 is 0 Å². The predicted molar refractivity (Wildman–Crippen MR) is 54.4 cm³/mol. The lowest BCUT2D eigenvalue weighted by Gasteiger charge is -2.24. The number of hydrogen-bond donors (Lipinski definition) is 0. The Morgan fingerprint density at radius 3 is 3.13 bits per heavy atom. The molecule has 1 aliphatic rings. The molecule has 1 aliphatic heterocycles. The van der Waals surface area contributed by atoms with E-state index in [-0.39, 0.29) is 5.69 Å². The zero-order valence-corrected chi connectivity index (χ0v) is 8.53. The lowest BCUT2D eigenvalue weighted by molar-refractivity contribution is 0.111. The zero-order valence-electron chi connectivity index (χ0n) is 8.53. The molecule has 15 heavy (non-hydrogen) atoms. The molecule has 0 radical (unpaired) electrons. The van der Waals surface area contributed by atoms with Gasteiger partial charge in [0.1, 0.15) is 11.8 Å². The molecule has 0 fully saturated rings. The summed E-state index contributed by atoms with van der Waals surface area (Å²) < 4.78 is 0. The quantitative estimate of drug-likeness (QED) is 0.629. The molecule has 0 spiro atoms. The molecule has 0 saturated heterocycles. The van der Waals surface area contributed by atoms with Crippen LogP contribution < -0.4 is 0 Å². The third kappa shape index (κ3) is 1.74. The second-order valence-corrected chi connectivity index (χ2v) is 3.74.